The zero-order valence-electron chi connectivity index (χ0n) is 12.3. The average molecular weight is 278 g/mol. The van der Waals surface area contributed by atoms with Crippen molar-refractivity contribution >= 4 is 11.8 Å². The van der Waals surface area contributed by atoms with Crippen molar-refractivity contribution in [3.05, 3.63) is 17.5 Å². The van der Waals surface area contributed by atoms with Crippen LogP contribution in [0.3, 0.4) is 0 Å². The SMILES string of the molecule is Cc1[nH]ncc1C(=O)NC1CCN(C(=O)C(C)C)CC1. The molecule has 2 heterocycles. The third-order valence-corrected chi connectivity index (χ3v) is 3.71. The first-order valence-corrected chi connectivity index (χ1v) is 7.08. The lowest BCUT2D eigenvalue weighted by Crippen LogP contribution is -2.47. The molecule has 6 nitrogen and oxygen atoms in total. The van der Waals surface area contributed by atoms with E-state index in [0.717, 1.165) is 18.5 Å². The van der Waals surface area contributed by atoms with E-state index in [9.17, 15) is 9.59 Å². The molecule has 1 saturated heterocycles. The highest BCUT2D eigenvalue weighted by molar-refractivity contribution is 5.95. The Labute approximate surface area is 118 Å². The number of hydrogen-bond donors (Lipinski definition) is 2. The van der Waals surface area contributed by atoms with Crippen LogP contribution in [0.4, 0.5) is 0 Å². The molecule has 110 valence electrons. The summed E-state index contributed by atoms with van der Waals surface area (Å²) in [5.74, 6) is 0.139. The molecule has 0 unspecified atom stereocenters. The van der Waals surface area contributed by atoms with Crippen LogP contribution in [0.5, 0.6) is 0 Å². The number of nitrogens with one attached hydrogen (secondary N) is 2. The molecule has 1 aliphatic heterocycles. The topological polar surface area (TPSA) is 78.1 Å². The van der Waals surface area contributed by atoms with E-state index in [0.29, 0.717) is 18.7 Å². The van der Waals surface area contributed by atoms with Gasteiger partial charge in [-0.05, 0) is 19.8 Å². The van der Waals surface area contributed by atoms with Gasteiger partial charge in [0.05, 0.1) is 11.8 Å². The standard InChI is InChI=1S/C14H22N4O2/c1-9(2)14(20)18-6-4-11(5-7-18)16-13(19)12-8-15-17-10(12)3/h8-9,11H,4-7H2,1-3H3,(H,15,17)(H,16,19). The molecular weight excluding hydrogens is 256 g/mol. The van der Waals surface area contributed by atoms with Crippen LogP contribution in [0, 0.1) is 12.8 Å². The van der Waals surface area contributed by atoms with Crippen molar-refractivity contribution in [3.8, 4) is 0 Å². The van der Waals surface area contributed by atoms with Crippen molar-refractivity contribution in [1.29, 1.82) is 0 Å². The monoisotopic (exact) mass is 278 g/mol. The van der Waals surface area contributed by atoms with Gasteiger partial charge in [0.1, 0.15) is 0 Å². The predicted octanol–water partition coefficient (Wildman–Crippen LogP) is 1.09. The van der Waals surface area contributed by atoms with E-state index in [1.165, 1.54) is 0 Å². The second-order valence-corrected chi connectivity index (χ2v) is 5.64. The number of carbonyl (C=O) groups is 2. The molecule has 2 amide bonds. The lowest BCUT2D eigenvalue weighted by Gasteiger charge is -2.33. The lowest BCUT2D eigenvalue weighted by atomic mass is 10.0. The Bertz CT molecular complexity index is 487. The van der Waals surface area contributed by atoms with E-state index in [4.69, 9.17) is 0 Å². The van der Waals surface area contributed by atoms with Crippen LogP contribution in [-0.2, 0) is 4.79 Å². The third-order valence-electron chi connectivity index (χ3n) is 3.71. The number of aromatic nitrogens is 2. The van der Waals surface area contributed by atoms with Gasteiger partial charge in [-0.15, -0.1) is 0 Å². The lowest BCUT2D eigenvalue weighted by molar-refractivity contribution is -0.135. The van der Waals surface area contributed by atoms with Crippen molar-refractivity contribution in [1.82, 2.24) is 20.4 Å². The van der Waals surface area contributed by atoms with Crippen molar-refractivity contribution < 1.29 is 9.59 Å². The van der Waals surface area contributed by atoms with Crippen LogP contribution in [0.25, 0.3) is 0 Å². The first-order valence-electron chi connectivity index (χ1n) is 7.08. The second-order valence-electron chi connectivity index (χ2n) is 5.64. The number of aromatic amines is 1. The number of carbonyl (C=O) groups excluding carboxylic acids is 2. The van der Waals surface area contributed by atoms with Crippen molar-refractivity contribution in [3.63, 3.8) is 0 Å². The van der Waals surface area contributed by atoms with Gasteiger partial charge in [-0.2, -0.15) is 5.10 Å². The Balaban J connectivity index is 1.84. The maximum Gasteiger partial charge on any atom is 0.254 e. The molecule has 0 bridgehead atoms. The Hall–Kier alpha value is -1.85. The molecule has 2 rings (SSSR count). The molecule has 0 aliphatic carbocycles. The van der Waals surface area contributed by atoms with Gasteiger partial charge < -0.3 is 10.2 Å². The van der Waals surface area contributed by atoms with Gasteiger partial charge in [-0.25, -0.2) is 0 Å². The molecule has 1 fully saturated rings. The first-order chi connectivity index (χ1) is 9.49. The Kier molecular flexibility index (Phi) is 4.42. The number of aryl methyl sites for hydroxylation is 1. The molecule has 0 atom stereocenters. The van der Waals surface area contributed by atoms with Gasteiger partial charge in [0.2, 0.25) is 5.91 Å². The van der Waals surface area contributed by atoms with E-state index in [-0.39, 0.29) is 23.8 Å². The molecule has 0 radical (unpaired) electrons. The van der Waals surface area contributed by atoms with E-state index in [1.807, 2.05) is 25.7 Å². The predicted molar refractivity (Wildman–Crippen MR) is 75.2 cm³/mol. The first kappa shape index (κ1) is 14.6. The van der Waals surface area contributed by atoms with Crippen molar-refractivity contribution in [2.45, 2.75) is 39.7 Å². The van der Waals surface area contributed by atoms with Gasteiger partial charge in [0.15, 0.2) is 0 Å². The van der Waals surface area contributed by atoms with Crippen LogP contribution < -0.4 is 5.32 Å². The van der Waals surface area contributed by atoms with Crippen LogP contribution in [-0.4, -0.2) is 46.0 Å². The fourth-order valence-electron chi connectivity index (χ4n) is 2.45. The maximum absolute atomic E-state index is 12.1. The number of rotatable bonds is 3. The van der Waals surface area contributed by atoms with Crippen molar-refractivity contribution in [2.24, 2.45) is 5.92 Å². The maximum atomic E-state index is 12.1. The van der Waals surface area contributed by atoms with Gasteiger partial charge in [-0.3, -0.25) is 14.7 Å². The van der Waals surface area contributed by atoms with E-state index >= 15 is 0 Å². The summed E-state index contributed by atoms with van der Waals surface area (Å²) in [4.78, 5) is 25.8. The fourth-order valence-corrected chi connectivity index (χ4v) is 2.45. The highest BCUT2D eigenvalue weighted by atomic mass is 16.2. The third kappa shape index (κ3) is 3.18. The van der Waals surface area contributed by atoms with Crippen LogP contribution in [0.1, 0.15) is 42.7 Å². The quantitative estimate of drug-likeness (QED) is 0.869. The van der Waals surface area contributed by atoms with Crippen LogP contribution in [0.15, 0.2) is 6.20 Å². The molecular formula is C14H22N4O2. The molecule has 0 saturated carbocycles. The van der Waals surface area contributed by atoms with Gasteiger partial charge in [0.25, 0.3) is 5.91 Å². The Morgan fingerprint density at radius 2 is 2.05 bits per heavy atom. The molecule has 20 heavy (non-hydrogen) atoms. The number of H-pyrrole nitrogens is 1. The number of nitrogens with zero attached hydrogens (tertiary/aromatic N) is 2. The minimum absolute atomic E-state index is 0.0368. The van der Waals surface area contributed by atoms with Gasteiger partial charge in [0, 0.05) is 30.7 Å². The summed E-state index contributed by atoms with van der Waals surface area (Å²) >= 11 is 0. The van der Waals surface area contributed by atoms with E-state index in [2.05, 4.69) is 15.5 Å². The minimum Gasteiger partial charge on any atom is -0.349 e. The highest BCUT2D eigenvalue weighted by Gasteiger charge is 2.25. The average Bonchev–Trinajstić information content (AvgIpc) is 2.85. The highest BCUT2D eigenvalue weighted by Crippen LogP contribution is 2.14. The molecule has 0 aromatic carbocycles. The zero-order valence-corrected chi connectivity index (χ0v) is 12.3. The Morgan fingerprint density at radius 1 is 1.40 bits per heavy atom. The normalized spacial score (nSPS) is 16.5. The summed E-state index contributed by atoms with van der Waals surface area (Å²) in [5, 5.41) is 9.62. The molecule has 1 aliphatic rings. The Morgan fingerprint density at radius 3 is 2.55 bits per heavy atom. The number of amides is 2. The minimum atomic E-state index is -0.0927. The number of piperidine rings is 1. The van der Waals surface area contributed by atoms with Gasteiger partial charge >= 0.3 is 0 Å². The molecule has 2 N–H and O–H groups in total. The molecule has 6 heteroatoms. The van der Waals surface area contributed by atoms with Crippen molar-refractivity contribution in [2.75, 3.05) is 13.1 Å². The smallest absolute Gasteiger partial charge is 0.254 e. The summed E-state index contributed by atoms with van der Waals surface area (Å²) < 4.78 is 0. The van der Waals surface area contributed by atoms with Crippen LogP contribution >= 0.6 is 0 Å². The summed E-state index contributed by atoms with van der Waals surface area (Å²) in [6.07, 6.45) is 3.16. The van der Waals surface area contributed by atoms with E-state index < -0.39 is 0 Å². The zero-order chi connectivity index (χ0) is 14.7. The summed E-state index contributed by atoms with van der Waals surface area (Å²) in [7, 11) is 0. The molecule has 1 aromatic rings. The second kappa shape index (κ2) is 6.07. The molecule has 0 spiro atoms. The summed E-state index contributed by atoms with van der Waals surface area (Å²) in [6, 6.07) is 0.132. The van der Waals surface area contributed by atoms with Gasteiger partial charge in [-0.1, -0.05) is 13.8 Å². The fraction of sp³-hybridized carbons (Fsp3) is 0.643. The molecule has 1 aromatic heterocycles. The number of hydrogen-bond acceptors (Lipinski definition) is 3. The number of likely N-dealkylation sites (tertiary alicyclic amines) is 1. The van der Waals surface area contributed by atoms with Crippen LogP contribution in [0.2, 0.25) is 0 Å². The summed E-state index contributed by atoms with van der Waals surface area (Å²) in [6.45, 7) is 7.08. The largest absolute Gasteiger partial charge is 0.349 e. The van der Waals surface area contributed by atoms with E-state index in [1.54, 1.807) is 6.20 Å². The summed E-state index contributed by atoms with van der Waals surface area (Å²) in [5.41, 5.74) is 1.36.